The third-order valence-corrected chi connectivity index (χ3v) is 4.37. The monoisotopic (exact) mass is 304 g/mol. The molecule has 0 bridgehead atoms. The van der Waals surface area contributed by atoms with Crippen molar-refractivity contribution in [2.24, 2.45) is 0 Å². The van der Waals surface area contributed by atoms with Crippen LogP contribution in [0.15, 0.2) is 30.6 Å². The number of aromatic nitrogens is 2. The van der Waals surface area contributed by atoms with Gasteiger partial charge in [0.25, 0.3) is 0 Å². The van der Waals surface area contributed by atoms with E-state index in [-0.39, 0.29) is 0 Å². The summed E-state index contributed by atoms with van der Waals surface area (Å²) in [5.41, 5.74) is 2.22. The molecule has 3 nitrogen and oxygen atoms in total. The molecule has 3 rings (SSSR count). The van der Waals surface area contributed by atoms with Gasteiger partial charge in [0, 0.05) is 10.4 Å². The van der Waals surface area contributed by atoms with E-state index >= 15 is 0 Å². The minimum absolute atomic E-state index is 0.503. The van der Waals surface area contributed by atoms with E-state index in [1.807, 2.05) is 31.2 Å². The second kappa shape index (κ2) is 5.38. The number of hydrogen-bond donors (Lipinski definition) is 0. The first-order valence-corrected chi connectivity index (χ1v) is 7.53. The van der Waals surface area contributed by atoms with E-state index in [9.17, 15) is 0 Å². The van der Waals surface area contributed by atoms with E-state index in [2.05, 4.69) is 16.9 Å². The number of aryl methyl sites for hydroxylation is 1. The van der Waals surface area contributed by atoms with Gasteiger partial charge in [-0.2, -0.15) is 0 Å². The molecular formula is C15H13ClN2OS. The predicted molar refractivity (Wildman–Crippen MR) is 83.8 cm³/mol. The molecule has 102 valence electrons. The fraction of sp³-hybridized carbons (Fsp3) is 0.200. The van der Waals surface area contributed by atoms with Gasteiger partial charge in [-0.05, 0) is 31.5 Å². The quantitative estimate of drug-likeness (QED) is 0.657. The van der Waals surface area contributed by atoms with Gasteiger partial charge in [0.2, 0.25) is 0 Å². The third kappa shape index (κ3) is 2.25. The lowest BCUT2D eigenvalue weighted by Gasteiger charge is -2.06. The Kier molecular flexibility index (Phi) is 3.59. The van der Waals surface area contributed by atoms with Crippen molar-refractivity contribution in [1.82, 2.24) is 9.97 Å². The number of ether oxygens (including phenoxy) is 1. The summed E-state index contributed by atoms with van der Waals surface area (Å²) in [6.07, 6.45) is 1.50. The standard InChI is InChI=1S/C15H13ClN2OS/c1-3-19-11-6-4-10(5-7-11)12-9(2)20-15-13(12)14(16)17-8-18-15/h4-8H,3H2,1-2H3. The molecule has 0 aliphatic heterocycles. The van der Waals surface area contributed by atoms with E-state index < -0.39 is 0 Å². The van der Waals surface area contributed by atoms with Crippen LogP contribution < -0.4 is 4.74 Å². The first-order chi connectivity index (χ1) is 9.70. The van der Waals surface area contributed by atoms with Crippen LogP contribution in [0.1, 0.15) is 11.8 Å². The molecule has 0 N–H and O–H groups in total. The predicted octanol–water partition coefficient (Wildman–Crippen LogP) is 4.72. The normalized spacial score (nSPS) is 10.9. The molecule has 2 aromatic heterocycles. The Hall–Kier alpha value is -1.65. The number of nitrogens with zero attached hydrogens (tertiary/aromatic N) is 2. The highest BCUT2D eigenvalue weighted by molar-refractivity contribution is 7.19. The third-order valence-electron chi connectivity index (χ3n) is 3.07. The molecule has 5 heteroatoms. The Morgan fingerprint density at radius 3 is 2.65 bits per heavy atom. The molecule has 1 aromatic carbocycles. The Morgan fingerprint density at radius 2 is 1.95 bits per heavy atom. The van der Waals surface area contributed by atoms with Gasteiger partial charge in [0.1, 0.15) is 22.1 Å². The highest BCUT2D eigenvalue weighted by Crippen LogP contribution is 2.40. The van der Waals surface area contributed by atoms with E-state index in [1.54, 1.807) is 11.3 Å². The maximum absolute atomic E-state index is 6.24. The average molecular weight is 305 g/mol. The number of hydrogen-bond acceptors (Lipinski definition) is 4. The lowest BCUT2D eigenvalue weighted by molar-refractivity contribution is 0.340. The second-order valence-electron chi connectivity index (χ2n) is 4.34. The Labute approximate surface area is 126 Å². The molecule has 0 unspecified atom stereocenters. The summed E-state index contributed by atoms with van der Waals surface area (Å²) in [5.74, 6) is 0.871. The Balaban J connectivity index is 2.16. The molecule has 0 radical (unpaired) electrons. The molecule has 0 aliphatic rings. The van der Waals surface area contributed by atoms with Crippen LogP contribution in [0.3, 0.4) is 0 Å². The summed E-state index contributed by atoms with van der Waals surface area (Å²) < 4.78 is 5.47. The average Bonchev–Trinajstić information content (AvgIpc) is 2.78. The molecule has 0 spiro atoms. The first kappa shape index (κ1) is 13.3. The smallest absolute Gasteiger partial charge is 0.141 e. The summed E-state index contributed by atoms with van der Waals surface area (Å²) in [4.78, 5) is 10.5. The van der Waals surface area contributed by atoms with Crippen molar-refractivity contribution in [2.75, 3.05) is 6.61 Å². The van der Waals surface area contributed by atoms with E-state index in [0.717, 1.165) is 27.1 Å². The zero-order chi connectivity index (χ0) is 14.1. The topological polar surface area (TPSA) is 35.0 Å². The van der Waals surface area contributed by atoms with Crippen LogP contribution in [0.25, 0.3) is 21.3 Å². The Morgan fingerprint density at radius 1 is 1.20 bits per heavy atom. The lowest BCUT2D eigenvalue weighted by Crippen LogP contribution is -1.90. The van der Waals surface area contributed by atoms with Crippen LogP contribution >= 0.6 is 22.9 Å². The number of fused-ring (bicyclic) bond motifs is 1. The molecule has 20 heavy (non-hydrogen) atoms. The van der Waals surface area contributed by atoms with Gasteiger partial charge in [-0.3, -0.25) is 0 Å². The maximum Gasteiger partial charge on any atom is 0.141 e. The van der Waals surface area contributed by atoms with Crippen LogP contribution in [0.2, 0.25) is 5.15 Å². The van der Waals surface area contributed by atoms with Gasteiger partial charge in [-0.25, -0.2) is 9.97 Å². The molecule has 0 saturated heterocycles. The highest BCUT2D eigenvalue weighted by Gasteiger charge is 2.15. The number of benzene rings is 1. The van der Waals surface area contributed by atoms with Crippen LogP contribution in [0, 0.1) is 6.92 Å². The number of thiophene rings is 1. The SMILES string of the molecule is CCOc1ccc(-c2c(C)sc3ncnc(Cl)c23)cc1. The highest BCUT2D eigenvalue weighted by atomic mass is 35.5. The second-order valence-corrected chi connectivity index (χ2v) is 5.90. The largest absolute Gasteiger partial charge is 0.494 e. The fourth-order valence-electron chi connectivity index (χ4n) is 2.24. The maximum atomic E-state index is 6.24. The van der Waals surface area contributed by atoms with Crippen LogP contribution in [-0.2, 0) is 0 Å². The van der Waals surface area contributed by atoms with Gasteiger partial charge in [0.15, 0.2) is 0 Å². The lowest BCUT2D eigenvalue weighted by atomic mass is 10.0. The zero-order valence-corrected chi connectivity index (χ0v) is 12.8. The molecule has 0 amide bonds. The molecule has 2 heterocycles. The van der Waals surface area contributed by atoms with Crippen molar-refractivity contribution < 1.29 is 4.74 Å². The molecule has 0 atom stereocenters. The minimum atomic E-state index is 0.503. The van der Waals surface area contributed by atoms with Crippen LogP contribution in [-0.4, -0.2) is 16.6 Å². The van der Waals surface area contributed by atoms with Crippen molar-refractivity contribution >= 4 is 33.2 Å². The van der Waals surface area contributed by atoms with Gasteiger partial charge in [-0.15, -0.1) is 11.3 Å². The minimum Gasteiger partial charge on any atom is -0.494 e. The molecule has 0 fully saturated rings. The summed E-state index contributed by atoms with van der Waals surface area (Å²) in [7, 11) is 0. The summed E-state index contributed by atoms with van der Waals surface area (Å²) in [5, 5.41) is 1.43. The van der Waals surface area contributed by atoms with Crippen molar-refractivity contribution in [3.05, 3.63) is 40.6 Å². The Bertz CT molecular complexity index is 752. The molecule has 3 aromatic rings. The van der Waals surface area contributed by atoms with Gasteiger partial charge in [0.05, 0.1) is 12.0 Å². The molecule has 0 aliphatic carbocycles. The van der Waals surface area contributed by atoms with Crippen molar-refractivity contribution in [1.29, 1.82) is 0 Å². The van der Waals surface area contributed by atoms with E-state index in [4.69, 9.17) is 16.3 Å². The summed E-state index contributed by atoms with van der Waals surface area (Å²) >= 11 is 7.87. The van der Waals surface area contributed by atoms with Gasteiger partial charge < -0.3 is 4.74 Å². The number of rotatable bonds is 3. The van der Waals surface area contributed by atoms with E-state index in [1.165, 1.54) is 11.2 Å². The summed E-state index contributed by atoms with van der Waals surface area (Å²) in [6.45, 7) is 4.72. The first-order valence-electron chi connectivity index (χ1n) is 6.33. The number of halogens is 1. The fourth-order valence-corrected chi connectivity index (χ4v) is 3.54. The van der Waals surface area contributed by atoms with Crippen molar-refractivity contribution in [3.63, 3.8) is 0 Å². The van der Waals surface area contributed by atoms with Crippen LogP contribution in [0.5, 0.6) is 5.75 Å². The van der Waals surface area contributed by atoms with Gasteiger partial charge in [-0.1, -0.05) is 23.7 Å². The zero-order valence-electron chi connectivity index (χ0n) is 11.2. The van der Waals surface area contributed by atoms with Crippen molar-refractivity contribution in [2.45, 2.75) is 13.8 Å². The van der Waals surface area contributed by atoms with E-state index in [0.29, 0.717) is 11.8 Å². The van der Waals surface area contributed by atoms with Crippen LogP contribution in [0.4, 0.5) is 0 Å². The molecular weight excluding hydrogens is 292 g/mol. The molecule has 0 saturated carbocycles. The van der Waals surface area contributed by atoms with Gasteiger partial charge >= 0.3 is 0 Å². The van der Waals surface area contributed by atoms with Crippen molar-refractivity contribution in [3.8, 4) is 16.9 Å². The summed E-state index contributed by atoms with van der Waals surface area (Å²) in [6, 6.07) is 8.03.